The van der Waals surface area contributed by atoms with Crippen LogP contribution in [-0.2, 0) is 9.59 Å². The fourth-order valence-corrected chi connectivity index (χ4v) is 2.69. The number of hydrogen-bond donors (Lipinski definition) is 3. The third-order valence-corrected chi connectivity index (χ3v) is 4.18. The molecule has 2 amide bonds. The predicted octanol–water partition coefficient (Wildman–Crippen LogP) is 4.70. The summed E-state index contributed by atoms with van der Waals surface area (Å²) >= 11 is 0. The largest absolute Gasteiger partial charge is 0.326 e. The third kappa shape index (κ3) is 10.9. The zero-order valence-electron chi connectivity index (χ0n) is 16.4. The van der Waals surface area contributed by atoms with E-state index in [1.54, 1.807) is 6.07 Å². The lowest BCUT2D eigenvalue weighted by Crippen LogP contribution is -2.28. The molecule has 0 saturated carbocycles. The standard InChI is InChI=1S/C21H35N3O2/c1-3-5-7-8-10-15-22-17-21(26)24-19-13-11-12-18(16-19)23-20(25)14-9-6-4-2/h11-13,16,22H,3-10,14-15,17H2,1-2H3,(H,23,25)(H,24,26). The van der Waals surface area contributed by atoms with Gasteiger partial charge >= 0.3 is 0 Å². The zero-order valence-corrected chi connectivity index (χ0v) is 16.4. The lowest BCUT2D eigenvalue weighted by molar-refractivity contribution is -0.116. The summed E-state index contributed by atoms with van der Waals surface area (Å²) in [5.41, 5.74) is 1.42. The summed E-state index contributed by atoms with van der Waals surface area (Å²) in [6, 6.07) is 7.29. The average molecular weight is 362 g/mol. The van der Waals surface area contributed by atoms with E-state index < -0.39 is 0 Å². The van der Waals surface area contributed by atoms with Crippen LogP contribution in [0.5, 0.6) is 0 Å². The average Bonchev–Trinajstić information content (AvgIpc) is 2.61. The fraction of sp³-hybridized carbons (Fsp3) is 0.619. The van der Waals surface area contributed by atoms with Crippen LogP contribution >= 0.6 is 0 Å². The Labute approximate surface area is 158 Å². The highest BCUT2D eigenvalue weighted by Crippen LogP contribution is 2.15. The highest BCUT2D eigenvalue weighted by Gasteiger charge is 2.05. The molecule has 0 aromatic heterocycles. The van der Waals surface area contributed by atoms with Crippen LogP contribution in [0, 0.1) is 0 Å². The Morgan fingerprint density at radius 1 is 0.808 bits per heavy atom. The van der Waals surface area contributed by atoms with Crippen molar-refractivity contribution in [3.63, 3.8) is 0 Å². The Bertz CT molecular complexity index is 532. The molecule has 146 valence electrons. The maximum Gasteiger partial charge on any atom is 0.238 e. The summed E-state index contributed by atoms with van der Waals surface area (Å²) in [7, 11) is 0. The van der Waals surface area contributed by atoms with Crippen LogP contribution in [0.25, 0.3) is 0 Å². The molecular formula is C21H35N3O2. The molecule has 1 aromatic carbocycles. The first-order chi connectivity index (χ1) is 12.7. The molecule has 0 aliphatic rings. The van der Waals surface area contributed by atoms with E-state index in [4.69, 9.17) is 0 Å². The second-order valence-corrected chi connectivity index (χ2v) is 6.73. The van der Waals surface area contributed by atoms with Crippen molar-refractivity contribution in [2.75, 3.05) is 23.7 Å². The summed E-state index contributed by atoms with van der Waals surface area (Å²) in [5.74, 6) is -0.0448. The second-order valence-electron chi connectivity index (χ2n) is 6.73. The van der Waals surface area contributed by atoms with Gasteiger partial charge in [0.15, 0.2) is 0 Å². The molecular weight excluding hydrogens is 326 g/mol. The van der Waals surface area contributed by atoms with Crippen molar-refractivity contribution < 1.29 is 9.59 Å². The number of carbonyl (C=O) groups excluding carboxylic acids is 2. The van der Waals surface area contributed by atoms with Gasteiger partial charge in [-0.15, -0.1) is 0 Å². The van der Waals surface area contributed by atoms with Gasteiger partial charge in [0.25, 0.3) is 0 Å². The van der Waals surface area contributed by atoms with E-state index >= 15 is 0 Å². The number of rotatable bonds is 14. The Kier molecular flexibility index (Phi) is 12.2. The molecule has 0 saturated heterocycles. The number of benzene rings is 1. The van der Waals surface area contributed by atoms with Gasteiger partial charge in [0.05, 0.1) is 6.54 Å². The van der Waals surface area contributed by atoms with Crippen molar-refractivity contribution in [1.82, 2.24) is 5.32 Å². The molecule has 0 bridgehead atoms. The van der Waals surface area contributed by atoms with Crippen LogP contribution in [0.4, 0.5) is 11.4 Å². The first-order valence-corrected chi connectivity index (χ1v) is 10.1. The number of nitrogens with one attached hydrogen (secondary N) is 3. The van der Waals surface area contributed by atoms with Gasteiger partial charge in [0.2, 0.25) is 11.8 Å². The molecule has 0 heterocycles. The molecule has 1 aromatic rings. The Morgan fingerprint density at radius 2 is 1.42 bits per heavy atom. The van der Waals surface area contributed by atoms with Crippen molar-refractivity contribution in [3.05, 3.63) is 24.3 Å². The van der Waals surface area contributed by atoms with Gasteiger partial charge in [-0.2, -0.15) is 0 Å². The number of carbonyl (C=O) groups is 2. The highest BCUT2D eigenvalue weighted by molar-refractivity contribution is 5.94. The summed E-state index contributed by atoms with van der Waals surface area (Å²) in [6.07, 6.45) is 9.71. The van der Waals surface area contributed by atoms with Crippen LogP contribution in [0.15, 0.2) is 24.3 Å². The molecule has 0 aliphatic carbocycles. The van der Waals surface area contributed by atoms with Gasteiger partial charge in [-0.3, -0.25) is 9.59 Å². The highest BCUT2D eigenvalue weighted by atomic mass is 16.2. The second kappa shape index (κ2) is 14.3. The van der Waals surface area contributed by atoms with Crippen LogP contribution in [-0.4, -0.2) is 24.9 Å². The molecule has 0 spiro atoms. The normalized spacial score (nSPS) is 10.5. The van der Waals surface area contributed by atoms with Gasteiger partial charge < -0.3 is 16.0 Å². The van der Waals surface area contributed by atoms with E-state index in [2.05, 4.69) is 29.8 Å². The minimum Gasteiger partial charge on any atom is -0.326 e. The van der Waals surface area contributed by atoms with E-state index in [1.165, 1.54) is 25.7 Å². The lowest BCUT2D eigenvalue weighted by atomic mass is 10.1. The van der Waals surface area contributed by atoms with Gasteiger partial charge in [-0.05, 0) is 37.6 Å². The van der Waals surface area contributed by atoms with Crippen LogP contribution in [0.1, 0.15) is 71.6 Å². The van der Waals surface area contributed by atoms with E-state index in [1.807, 2.05) is 18.2 Å². The molecule has 0 aliphatic heterocycles. The predicted molar refractivity (Wildman–Crippen MR) is 109 cm³/mol. The number of anilines is 2. The summed E-state index contributed by atoms with van der Waals surface area (Å²) in [5, 5.41) is 8.93. The summed E-state index contributed by atoms with van der Waals surface area (Å²) < 4.78 is 0. The molecule has 0 radical (unpaired) electrons. The Balaban J connectivity index is 2.27. The number of hydrogen-bond acceptors (Lipinski definition) is 3. The maximum atomic E-state index is 12.0. The van der Waals surface area contributed by atoms with Gasteiger partial charge in [-0.25, -0.2) is 0 Å². The molecule has 26 heavy (non-hydrogen) atoms. The molecule has 0 fully saturated rings. The van der Waals surface area contributed by atoms with Crippen molar-refractivity contribution in [3.8, 4) is 0 Å². The maximum absolute atomic E-state index is 12.0. The van der Waals surface area contributed by atoms with Crippen molar-refractivity contribution in [2.45, 2.75) is 71.6 Å². The first kappa shape index (κ1) is 22.2. The quantitative estimate of drug-likeness (QED) is 0.421. The van der Waals surface area contributed by atoms with Gasteiger partial charge in [-0.1, -0.05) is 58.4 Å². The topological polar surface area (TPSA) is 70.2 Å². The van der Waals surface area contributed by atoms with E-state index in [0.29, 0.717) is 24.3 Å². The lowest BCUT2D eigenvalue weighted by Gasteiger charge is -2.09. The van der Waals surface area contributed by atoms with E-state index in [9.17, 15) is 9.59 Å². The van der Waals surface area contributed by atoms with Crippen LogP contribution < -0.4 is 16.0 Å². The smallest absolute Gasteiger partial charge is 0.238 e. The molecule has 5 heteroatoms. The van der Waals surface area contributed by atoms with Gasteiger partial charge in [0, 0.05) is 17.8 Å². The van der Waals surface area contributed by atoms with Crippen LogP contribution in [0.3, 0.4) is 0 Å². The van der Waals surface area contributed by atoms with Crippen molar-refractivity contribution in [1.29, 1.82) is 0 Å². The first-order valence-electron chi connectivity index (χ1n) is 10.1. The minimum atomic E-state index is -0.0648. The molecule has 3 N–H and O–H groups in total. The third-order valence-electron chi connectivity index (χ3n) is 4.18. The van der Waals surface area contributed by atoms with Crippen molar-refractivity contribution in [2.24, 2.45) is 0 Å². The fourth-order valence-electron chi connectivity index (χ4n) is 2.69. The Morgan fingerprint density at radius 3 is 2.12 bits per heavy atom. The Hall–Kier alpha value is -1.88. The zero-order chi connectivity index (χ0) is 19.0. The molecule has 5 nitrogen and oxygen atoms in total. The number of unbranched alkanes of at least 4 members (excludes halogenated alkanes) is 6. The molecule has 0 unspecified atom stereocenters. The van der Waals surface area contributed by atoms with Crippen molar-refractivity contribution >= 4 is 23.2 Å². The molecule has 1 rings (SSSR count). The minimum absolute atomic E-state index is 0.0201. The monoisotopic (exact) mass is 361 g/mol. The molecule has 0 atom stereocenters. The SMILES string of the molecule is CCCCCCCNCC(=O)Nc1cccc(NC(=O)CCCCC)c1. The van der Waals surface area contributed by atoms with E-state index in [0.717, 1.165) is 32.2 Å². The summed E-state index contributed by atoms with van der Waals surface area (Å²) in [6.45, 7) is 5.49. The van der Waals surface area contributed by atoms with Crippen LogP contribution in [0.2, 0.25) is 0 Å². The van der Waals surface area contributed by atoms with E-state index in [-0.39, 0.29) is 11.8 Å². The van der Waals surface area contributed by atoms with Gasteiger partial charge in [0.1, 0.15) is 0 Å². The number of amides is 2. The summed E-state index contributed by atoms with van der Waals surface area (Å²) in [4.78, 5) is 23.9.